The first kappa shape index (κ1) is 16.5. The molecular formula is C12H11FN4O5S. The number of aromatic nitrogens is 2. The normalized spacial score (nSPS) is 11.2. The highest BCUT2D eigenvalue weighted by Gasteiger charge is 2.17. The summed E-state index contributed by atoms with van der Waals surface area (Å²) in [5, 5.41) is 13.1. The number of rotatable bonds is 5. The molecule has 0 bridgehead atoms. The molecule has 9 nitrogen and oxygen atoms in total. The van der Waals surface area contributed by atoms with Crippen molar-refractivity contribution in [3.05, 3.63) is 46.4 Å². The van der Waals surface area contributed by atoms with E-state index in [1.54, 1.807) is 0 Å². The zero-order valence-electron chi connectivity index (χ0n) is 11.8. The highest BCUT2D eigenvalue weighted by atomic mass is 32.3. The van der Waals surface area contributed by atoms with Crippen LogP contribution in [0.5, 0.6) is 0 Å². The summed E-state index contributed by atoms with van der Waals surface area (Å²) in [5.74, 6) is -0.574. The van der Waals surface area contributed by atoms with Crippen molar-refractivity contribution in [1.82, 2.24) is 9.55 Å². The summed E-state index contributed by atoms with van der Waals surface area (Å²) >= 11 is 0. The van der Waals surface area contributed by atoms with Gasteiger partial charge < -0.3 is 15.4 Å². The summed E-state index contributed by atoms with van der Waals surface area (Å²) in [6, 6.07) is 4.48. The zero-order valence-corrected chi connectivity index (χ0v) is 12.6. The number of imidazole rings is 1. The summed E-state index contributed by atoms with van der Waals surface area (Å²) in [6.45, 7) is 1.30. The minimum atomic E-state index is -4.80. The summed E-state index contributed by atoms with van der Waals surface area (Å²) < 4.78 is 35.4. The number of anilines is 1. The van der Waals surface area contributed by atoms with Crippen molar-refractivity contribution in [1.29, 1.82) is 0 Å². The largest absolute Gasteiger partial charge is 0.381 e. The van der Waals surface area contributed by atoms with Crippen molar-refractivity contribution in [3.63, 3.8) is 0 Å². The van der Waals surface area contributed by atoms with Crippen molar-refractivity contribution in [3.8, 4) is 0 Å². The predicted octanol–water partition coefficient (Wildman–Crippen LogP) is 1.40. The smallest absolute Gasteiger partial charge is 0.358 e. The molecule has 0 aliphatic rings. The van der Waals surface area contributed by atoms with Gasteiger partial charge in [-0.3, -0.25) is 9.36 Å². The molecule has 2 rings (SSSR count). The summed E-state index contributed by atoms with van der Waals surface area (Å²) in [6.07, 6.45) is 1.13. The second kappa shape index (κ2) is 6.12. The molecule has 1 N–H and O–H groups in total. The van der Waals surface area contributed by atoms with Gasteiger partial charge in [0.15, 0.2) is 0 Å². The lowest BCUT2D eigenvalue weighted by molar-refractivity contribution is -0.389. The molecule has 11 heteroatoms. The lowest BCUT2D eigenvalue weighted by atomic mass is 10.3. The molecule has 1 heterocycles. The Morgan fingerprint density at radius 1 is 1.39 bits per heavy atom. The van der Waals surface area contributed by atoms with Gasteiger partial charge in [0.1, 0.15) is 12.7 Å². The number of hydrogen-bond donors (Lipinski definition) is 1. The first-order valence-corrected chi connectivity index (χ1v) is 7.58. The third-order valence-electron chi connectivity index (χ3n) is 2.88. The van der Waals surface area contributed by atoms with E-state index in [0.717, 1.165) is 18.3 Å². The average Bonchev–Trinajstić information content (AvgIpc) is 2.80. The van der Waals surface area contributed by atoms with Crippen molar-refractivity contribution in [2.24, 2.45) is 0 Å². The van der Waals surface area contributed by atoms with Crippen LogP contribution in [-0.4, -0.2) is 28.8 Å². The maximum Gasteiger partial charge on any atom is 0.381 e. The Morgan fingerprint density at radius 3 is 2.48 bits per heavy atom. The molecule has 2 aromatic rings. The van der Waals surface area contributed by atoms with Gasteiger partial charge >= 0.3 is 16.0 Å². The maximum atomic E-state index is 12.7. The van der Waals surface area contributed by atoms with E-state index in [1.165, 1.54) is 23.6 Å². The molecule has 0 atom stereocenters. The Hall–Kier alpha value is -2.82. The summed E-state index contributed by atoms with van der Waals surface area (Å²) in [5.41, 5.74) is 0.259. The van der Waals surface area contributed by atoms with Crippen LogP contribution < -0.4 is 5.32 Å². The number of amides is 1. The van der Waals surface area contributed by atoms with Gasteiger partial charge in [-0.2, -0.15) is 8.42 Å². The molecule has 0 saturated carbocycles. The Balaban J connectivity index is 2.06. The van der Waals surface area contributed by atoms with Gasteiger partial charge in [-0.25, -0.2) is 0 Å². The van der Waals surface area contributed by atoms with E-state index >= 15 is 0 Å². The van der Waals surface area contributed by atoms with Crippen molar-refractivity contribution in [2.45, 2.75) is 18.4 Å². The minimum Gasteiger partial charge on any atom is -0.358 e. The second-order valence-corrected chi connectivity index (χ2v) is 5.89. The van der Waals surface area contributed by atoms with Crippen molar-refractivity contribution >= 4 is 27.6 Å². The number of aryl methyl sites for hydroxylation is 1. The first-order chi connectivity index (χ1) is 10.7. The number of nitrogens with one attached hydrogen (secondary N) is 1. The van der Waals surface area contributed by atoms with Gasteiger partial charge in [0.05, 0.1) is 4.90 Å². The number of carbonyl (C=O) groups excluding carboxylic acids is 1. The Labute approximate surface area is 130 Å². The molecule has 0 saturated heterocycles. The number of hydrogen-bond acceptors (Lipinski definition) is 6. The third-order valence-corrected chi connectivity index (χ3v) is 3.72. The van der Waals surface area contributed by atoms with E-state index in [4.69, 9.17) is 0 Å². The number of benzene rings is 1. The SMILES string of the molecule is Cc1nc([N+](=O)[O-])cn1CC(=O)Nc1ccc(S(=O)(=O)F)cc1. The standard InChI is InChI=1S/C12H11FN4O5S/c1-8-14-11(17(19)20)6-16(8)7-12(18)15-9-2-4-10(5-3-9)23(13,21)22/h2-6H,7H2,1H3,(H,15,18). The maximum absolute atomic E-state index is 12.7. The quantitative estimate of drug-likeness (QED) is 0.497. The molecule has 1 aromatic carbocycles. The van der Waals surface area contributed by atoms with E-state index in [-0.39, 0.29) is 18.1 Å². The van der Waals surface area contributed by atoms with Crippen LogP contribution in [0.3, 0.4) is 0 Å². The molecule has 1 aromatic heterocycles. The molecule has 122 valence electrons. The monoisotopic (exact) mass is 342 g/mol. The van der Waals surface area contributed by atoms with E-state index < -0.39 is 25.9 Å². The van der Waals surface area contributed by atoms with E-state index in [9.17, 15) is 27.2 Å². The lowest BCUT2D eigenvalue weighted by Gasteiger charge is -2.06. The second-order valence-electron chi connectivity index (χ2n) is 4.54. The van der Waals surface area contributed by atoms with Crippen LogP contribution in [-0.2, 0) is 21.6 Å². The van der Waals surface area contributed by atoms with Gasteiger partial charge in [0, 0.05) is 12.6 Å². The fraction of sp³-hybridized carbons (Fsp3) is 0.167. The fourth-order valence-corrected chi connectivity index (χ4v) is 2.26. The van der Waals surface area contributed by atoms with Crippen LogP contribution in [0.2, 0.25) is 0 Å². The molecule has 1 amide bonds. The van der Waals surface area contributed by atoms with Crippen LogP contribution >= 0.6 is 0 Å². The van der Waals surface area contributed by atoms with Gasteiger partial charge in [0.2, 0.25) is 11.7 Å². The average molecular weight is 342 g/mol. The van der Waals surface area contributed by atoms with Crippen molar-refractivity contribution < 1.29 is 22.0 Å². The molecule has 0 radical (unpaired) electrons. The molecule has 0 fully saturated rings. The Bertz CT molecular complexity index is 860. The highest BCUT2D eigenvalue weighted by molar-refractivity contribution is 7.86. The van der Waals surface area contributed by atoms with E-state index in [2.05, 4.69) is 10.3 Å². The van der Waals surface area contributed by atoms with Crippen LogP contribution in [0, 0.1) is 17.0 Å². The third kappa shape index (κ3) is 4.10. The number of halogens is 1. The van der Waals surface area contributed by atoms with Crippen molar-refractivity contribution in [2.75, 3.05) is 5.32 Å². The molecule has 0 spiro atoms. The van der Waals surface area contributed by atoms with Gasteiger partial charge in [-0.1, -0.05) is 0 Å². The number of nitrogens with zero attached hydrogens (tertiary/aromatic N) is 3. The molecule has 0 unspecified atom stereocenters. The summed E-state index contributed by atoms with van der Waals surface area (Å²) in [4.78, 5) is 25.0. The topological polar surface area (TPSA) is 124 Å². The number of nitro groups is 1. The van der Waals surface area contributed by atoms with Gasteiger partial charge in [0.25, 0.3) is 0 Å². The van der Waals surface area contributed by atoms with Crippen LogP contribution in [0.1, 0.15) is 5.82 Å². The Morgan fingerprint density at radius 2 is 2.00 bits per heavy atom. The zero-order chi connectivity index (χ0) is 17.2. The van der Waals surface area contributed by atoms with E-state index in [1.807, 2.05) is 0 Å². The molecular weight excluding hydrogens is 331 g/mol. The van der Waals surface area contributed by atoms with Gasteiger partial charge in [-0.15, -0.1) is 3.89 Å². The van der Waals surface area contributed by atoms with Gasteiger partial charge in [-0.05, 0) is 34.2 Å². The minimum absolute atomic E-state index is 0.212. The van der Waals surface area contributed by atoms with Crippen LogP contribution in [0.15, 0.2) is 35.4 Å². The first-order valence-electron chi connectivity index (χ1n) is 6.19. The predicted molar refractivity (Wildman–Crippen MR) is 77.0 cm³/mol. The fourth-order valence-electron chi connectivity index (χ4n) is 1.80. The number of carbonyl (C=O) groups is 1. The van der Waals surface area contributed by atoms with Crippen LogP contribution in [0.25, 0.3) is 0 Å². The lowest BCUT2D eigenvalue weighted by Crippen LogP contribution is -2.19. The molecule has 0 aliphatic heterocycles. The Kier molecular flexibility index (Phi) is 4.40. The highest BCUT2D eigenvalue weighted by Crippen LogP contribution is 2.16. The molecule has 0 aliphatic carbocycles. The van der Waals surface area contributed by atoms with Crippen LogP contribution in [0.4, 0.5) is 15.4 Å². The molecule has 23 heavy (non-hydrogen) atoms. The summed E-state index contributed by atoms with van der Waals surface area (Å²) in [7, 11) is -4.80. The van der Waals surface area contributed by atoms with E-state index in [0.29, 0.717) is 5.82 Å².